The highest BCUT2D eigenvalue weighted by Crippen LogP contribution is 2.40. The number of nitrogens with one attached hydrogen (secondary N) is 1. The van der Waals surface area contributed by atoms with Crippen molar-refractivity contribution in [2.75, 3.05) is 6.54 Å². The van der Waals surface area contributed by atoms with Crippen molar-refractivity contribution in [3.05, 3.63) is 40.3 Å². The smallest absolute Gasteiger partial charge is 0.341 e. The van der Waals surface area contributed by atoms with E-state index in [9.17, 15) is 17.6 Å². The first-order chi connectivity index (χ1) is 11.4. The average molecular weight is 355 g/mol. The van der Waals surface area contributed by atoms with Gasteiger partial charge in [-0.1, -0.05) is 0 Å². The number of alkyl halides is 3. The number of benzene rings is 1. The minimum atomic E-state index is -4.44. The molecule has 0 bridgehead atoms. The molecule has 1 aliphatic rings. The van der Waals surface area contributed by atoms with Crippen molar-refractivity contribution in [2.24, 2.45) is 0 Å². The first-order valence-electron chi connectivity index (χ1n) is 7.41. The molecule has 3 heterocycles. The highest BCUT2D eigenvalue weighted by molar-refractivity contribution is 7.15. The maximum Gasteiger partial charge on any atom is 0.427 e. The second-order valence-corrected chi connectivity index (χ2v) is 6.81. The van der Waals surface area contributed by atoms with Crippen molar-refractivity contribution in [2.45, 2.75) is 26.2 Å². The number of nitrogens with zero attached hydrogens (tertiary/aromatic N) is 2. The van der Waals surface area contributed by atoms with Crippen LogP contribution >= 0.6 is 11.3 Å². The Balaban J connectivity index is 2.00. The molecule has 0 aliphatic carbocycles. The largest absolute Gasteiger partial charge is 0.427 e. The van der Waals surface area contributed by atoms with E-state index >= 15 is 0 Å². The summed E-state index contributed by atoms with van der Waals surface area (Å²) in [6.45, 7) is 4.02. The zero-order valence-electron chi connectivity index (χ0n) is 12.7. The first kappa shape index (κ1) is 15.6. The molecule has 3 nitrogen and oxygen atoms in total. The normalized spacial score (nSPS) is 15.0. The van der Waals surface area contributed by atoms with Gasteiger partial charge in [0.2, 0.25) is 0 Å². The molecule has 0 fully saturated rings. The van der Waals surface area contributed by atoms with Crippen molar-refractivity contribution >= 4 is 22.2 Å². The van der Waals surface area contributed by atoms with E-state index in [0.717, 1.165) is 34.9 Å². The average Bonchev–Trinajstić information content (AvgIpc) is 3.12. The summed E-state index contributed by atoms with van der Waals surface area (Å²) in [7, 11) is 0. The van der Waals surface area contributed by atoms with Gasteiger partial charge in [-0.25, -0.2) is 9.37 Å². The van der Waals surface area contributed by atoms with Crippen LogP contribution in [0.25, 0.3) is 21.5 Å². The fraction of sp³-hybridized carbons (Fsp3) is 0.312. The van der Waals surface area contributed by atoms with E-state index in [1.807, 2.05) is 6.92 Å². The Morgan fingerprint density at radius 1 is 1.29 bits per heavy atom. The third-order valence-corrected chi connectivity index (χ3v) is 5.40. The second-order valence-electron chi connectivity index (χ2n) is 5.78. The Morgan fingerprint density at radius 2 is 2.08 bits per heavy atom. The summed E-state index contributed by atoms with van der Waals surface area (Å²) in [5.74, 6) is -0.472. The molecule has 0 saturated carbocycles. The lowest BCUT2D eigenvalue weighted by molar-refractivity contribution is -0.134. The summed E-state index contributed by atoms with van der Waals surface area (Å²) in [5.41, 5.74) is 3.16. The van der Waals surface area contributed by atoms with Crippen molar-refractivity contribution in [1.29, 1.82) is 0 Å². The van der Waals surface area contributed by atoms with Gasteiger partial charge >= 0.3 is 6.18 Å². The number of thiazole rings is 1. The fourth-order valence-corrected chi connectivity index (χ4v) is 4.03. The Morgan fingerprint density at radius 3 is 2.79 bits per heavy atom. The number of rotatable bonds is 1. The van der Waals surface area contributed by atoms with Crippen LogP contribution < -0.4 is 5.32 Å². The van der Waals surface area contributed by atoms with Gasteiger partial charge in [0, 0.05) is 36.3 Å². The summed E-state index contributed by atoms with van der Waals surface area (Å²) in [6, 6.07) is 2.72. The third-order valence-electron chi connectivity index (χ3n) is 4.33. The summed E-state index contributed by atoms with van der Waals surface area (Å²) >= 11 is 0.545. The van der Waals surface area contributed by atoms with Crippen LogP contribution in [0.4, 0.5) is 17.6 Å². The lowest BCUT2D eigenvalue weighted by Crippen LogP contribution is -2.28. The molecule has 0 unspecified atom stereocenters. The van der Waals surface area contributed by atoms with Crippen LogP contribution in [0.2, 0.25) is 0 Å². The molecule has 0 atom stereocenters. The molecule has 1 aliphatic heterocycles. The zero-order valence-corrected chi connectivity index (χ0v) is 13.5. The monoisotopic (exact) mass is 355 g/mol. The van der Waals surface area contributed by atoms with Crippen molar-refractivity contribution < 1.29 is 17.6 Å². The Labute approximate surface area is 138 Å². The van der Waals surface area contributed by atoms with Gasteiger partial charge in [-0.2, -0.15) is 13.2 Å². The lowest BCUT2D eigenvalue weighted by Gasteiger charge is -2.18. The molecule has 126 valence electrons. The van der Waals surface area contributed by atoms with Gasteiger partial charge in [-0.3, -0.25) is 0 Å². The number of aromatic nitrogens is 2. The molecule has 1 N–H and O–H groups in total. The number of halogens is 4. The maximum atomic E-state index is 14.1. The van der Waals surface area contributed by atoms with Crippen LogP contribution in [0.5, 0.6) is 0 Å². The molecular formula is C16H13F4N3S. The molecule has 0 spiro atoms. The van der Waals surface area contributed by atoms with Crippen molar-refractivity contribution in [3.63, 3.8) is 0 Å². The van der Waals surface area contributed by atoms with Crippen LogP contribution in [0.1, 0.15) is 16.1 Å². The topological polar surface area (TPSA) is 29.9 Å². The van der Waals surface area contributed by atoms with Crippen molar-refractivity contribution in [1.82, 2.24) is 14.9 Å². The Kier molecular flexibility index (Phi) is 3.43. The van der Waals surface area contributed by atoms with Crippen LogP contribution in [0.3, 0.4) is 0 Å². The fourth-order valence-electron chi connectivity index (χ4n) is 3.23. The van der Waals surface area contributed by atoms with E-state index in [4.69, 9.17) is 0 Å². The molecule has 0 amide bonds. The van der Waals surface area contributed by atoms with E-state index in [2.05, 4.69) is 14.9 Å². The number of hydrogen-bond acceptors (Lipinski definition) is 3. The highest BCUT2D eigenvalue weighted by atomic mass is 32.1. The summed E-state index contributed by atoms with van der Waals surface area (Å²) in [5, 5.41) is 4.18. The van der Waals surface area contributed by atoms with Gasteiger partial charge in [-0.05, 0) is 24.6 Å². The molecule has 1 aromatic carbocycles. The van der Waals surface area contributed by atoms with Gasteiger partial charge in [0.05, 0.1) is 11.7 Å². The lowest BCUT2D eigenvalue weighted by atomic mass is 10.1. The summed E-state index contributed by atoms with van der Waals surface area (Å²) in [4.78, 5) is 3.13. The molecule has 2 aromatic heterocycles. The summed E-state index contributed by atoms with van der Waals surface area (Å²) < 4.78 is 54.8. The van der Waals surface area contributed by atoms with E-state index in [-0.39, 0.29) is 5.01 Å². The first-order valence-corrected chi connectivity index (χ1v) is 8.23. The second kappa shape index (κ2) is 5.29. The van der Waals surface area contributed by atoms with Gasteiger partial charge in [0.15, 0.2) is 0 Å². The SMILES string of the molecule is Cc1c2n(c3c(-c4ncc(C(F)(F)F)s4)cc(F)cc13)CCNC2. The molecular weight excluding hydrogens is 342 g/mol. The molecule has 0 radical (unpaired) electrons. The number of aryl methyl sites for hydroxylation is 1. The highest BCUT2D eigenvalue weighted by Gasteiger charge is 2.34. The molecule has 3 aromatic rings. The van der Waals surface area contributed by atoms with E-state index in [0.29, 0.717) is 30.0 Å². The molecule has 0 saturated heterocycles. The van der Waals surface area contributed by atoms with E-state index in [1.165, 1.54) is 12.1 Å². The molecule has 4 rings (SSSR count). The van der Waals surface area contributed by atoms with E-state index in [1.54, 1.807) is 0 Å². The third kappa shape index (κ3) is 2.32. The van der Waals surface area contributed by atoms with Gasteiger partial charge < -0.3 is 9.88 Å². The quantitative estimate of drug-likeness (QED) is 0.659. The minimum Gasteiger partial charge on any atom is -0.341 e. The van der Waals surface area contributed by atoms with Gasteiger partial charge in [0.25, 0.3) is 0 Å². The van der Waals surface area contributed by atoms with Gasteiger partial charge in [0.1, 0.15) is 15.7 Å². The minimum absolute atomic E-state index is 0.186. The standard InChI is InChI=1S/C16H13F4N3S/c1-8-10-4-9(17)5-11(14(10)23-3-2-21-6-12(8)23)15-22-7-13(24-15)16(18,19)20/h4-5,7,21H,2-3,6H2,1H3. The molecule has 8 heteroatoms. The summed E-state index contributed by atoms with van der Waals surface area (Å²) in [6.07, 6.45) is -3.63. The van der Waals surface area contributed by atoms with Crippen LogP contribution in [0, 0.1) is 12.7 Å². The van der Waals surface area contributed by atoms with Crippen molar-refractivity contribution in [3.8, 4) is 10.6 Å². The van der Waals surface area contributed by atoms with Crippen LogP contribution in [0.15, 0.2) is 18.3 Å². The zero-order chi connectivity index (χ0) is 17.1. The van der Waals surface area contributed by atoms with Crippen LogP contribution in [-0.2, 0) is 19.3 Å². The molecule has 24 heavy (non-hydrogen) atoms. The van der Waals surface area contributed by atoms with Crippen LogP contribution in [-0.4, -0.2) is 16.1 Å². The predicted octanol–water partition coefficient (Wildman–Crippen LogP) is 4.33. The number of fused-ring (bicyclic) bond motifs is 3. The van der Waals surface area contributed by atoms with Gasteiger partial charge in [-0.15, -0.1) is 11.3 Å². The maximum absolute atomic E-state index is 14.1. The Bertz CT molecular complexity index is 939. The van der Waals surface area contributed by atoms with E-state index < -0.39 is 16.9 Å². The number of hydrogen-bond donors (Lipinski definition) is 1. The predicted molar refractivity (Wildman–Crippen MR) is 84.4 cm³/mol. The Hall–Kier alpha value is -1.93.